The molecule has 1 aliphatic heterocycles. The van der Waals surface area contributed by atoms with Gasteiger partial charge in [-0.3, -0.25) is 0 Å². The van der Waals surface area contributed by atoms with Gasteiger partial charge in [0, 0.05) is 15.0 Å². The Morgan fingerprint density at radius 2 is 1.60 bits per heavy atom. The molecule has 20 heavy (non-hydrogen) atoms. The summed E-state index contributed by atoms with van der Waals surface area (Å²) < 4.78 is 13.7. The van der Waals surface area contributed by atoms with E-state index in [4.69, 9.17) is 9.31 Å². The number of aryl methyl sites for hydroxylation is 2. The summed E-state index contributed by atoms with van der Waals surface area (Å²) in [5, 5.41) is 1.32. The smallest absolute Gasteiger partial charge is 0.399 e. The average Bonchev–Trinajstić information content (AvgIpc) is 2.74. The quantitative estimate of drug-likeness (QED) is 0.743. The summed E-state index contributed by atoms with van der Waals surface area (Å²) in [4.78, 5) is 1.36. The van der Waals surface area contributed by atoms with Crippen molar-refractivity contribution in [3.05, 3.63) is 28.6 Å². The van der Waals surface area contributed by atoms with E-state index >= 15 is 0 Å². The summed E-state index contributed by atoms with van der Waals surface area (Å²) in [6.07, 6.45) is 0. The molecule has 106 valence electrons. The van der Waals surface area contributed by atoms with Crippen LogP contribution >= 0.6 is 11.3 Å². The molecule has 0 N–H and O–H groups in total. The first kappa shape index (κ1) is 14.1. The minimum absolute atomic E-state index is 0.277. The lowest BCUT2D eigenvalue weighted by molar-refractivity contribution is 0.00578. The van der Waals surface area contributed by atoms with Crippen LogP contribution in [0, 0.1) is 13.8 Å². The summed E-state index contributed by atoms with van der Waals surface area (Å²) in [5.41, 5.74) is 1.94. The van der Waals surface area contributed by atoms with Crippen molar-refractivity contribution >= 4 is 34.0 Å². The molecule has 0 saturated carbocycles. The third kappa shape index (κ3) is 1.93. The van der Waals surface area contributed by atoms with Gasteiger partial charge >= 0.3 is 7.12 Å². The fourth-order valence-electron chi connectivity index (χ4n) is 2.54. The number of fused-ring (bicyclic) bond motifs is 1. The zero-order valence-corrected chi connectivity index (χ0v) is 13.9. The van der Waals surface area contributed by atoms with Gasteiger partial charge in [0.05, 0.1) is 11.2 Å². The van der Waals surface area contributed by atoms with Gasteiger partial charge in [-0.2, -0.15) is 0 Å². The molecule has 0 atom stereocenters. The zero-order chi connectivity index (χ0) is 14.7. The van der Waals surface area contributed by atoms with Crippen LogP contribution in [0.1, 0.15) is 38.1 Å². The van der Waals surface area contributed by atoms with Crippen LogP contribution in [0.3, 0.4) is 0 Å². The summed E-state index contributed by atoms with van der Waals surface area (Å²) >= 11 is 1.83. The largest absolute Gasteiger partial charge is 0.496 e. The highest BCUT2D eigenvalue weighted by Gasteiger charge is 2.52. The second-order valence-corrected chi connectivity index (χ2v) is 7.82. The van der Waals surface area contributed by atoms with Crippen LogP contribution < -0.4 is 5.46 Å². The van der Waals surface area contributed by atoms with Crippen LogP contribution in [0.25, 0.3) is 10.1 Å². The Hall–Kier alpha value is -0.835. The third-order valence-electron chi connectivity index (χ3n) is 4.74. The molecular weight excluding hydrogens is 267 g/mol. The summed E-state index contributed by atoms with van der Waals surface area (Å²) in [5.74, 6) is 0. The standard InChI is InChI=1S/C16H21BO2S/c1-10-11(2)20-14-12(10)8-7-9-13(14)17-18-15(3,4)16(5,6)19-17/h7-9H,1-6H3. The van der Waals surface area contributed by atoms with Gasteiger partial charge in [0.1, 0.15) is 0 Å². The summed E-state index contributed by atoms with van der Waals surface area (Å²) in [6, 6.07) is 6.41. The Morgan fingerprint density at radius 1 is 1.00 bits per heavy atom. The minimum Gasteiger partial charge on any atom is -0.399 e. The van der Waals surface area contributed by atoms with Crippen LogP contribution in [0.4, 0.5) is 0 Å². The monoisotopic (exact) mass is 288 g/mol. The van der Waals surface area contributed by atoms with E-state index in [0.717, 1.165) is 5.46 Å². The Labute approximate surface area is 125 Å². The fraction of sp³-hybridized carbons (Fsp3) is 0.500. The predicted molar refractivity (Wildman–Crippen MR) is 87.0 cm³/mol. The molecule has 0 aliphatic carbocycles. The Bertz CT molecular complexity index is 656. The zero-order valence-electron chi connectivity index (χ0n) is 13.0. The molecule has 0 bridgehead atoms. The second kappa shape index (κ2) is 4.33. The van der Waals surface area contributed by atoms with E-state index in [1.807, 2.05) is 11.3 Å². The number of thiophene rings is 1. The molecule has 1 fully saturated rings. The van der Waals surface area contributed by atoms with Gasteiger partial charge < -0.3 is 9.31 Å². The van der Waals surface area contributed by atoms with Crippen LogP contribution in [-0.4, -0.2) is 18.3 Å². The molecular formula is C16H21BO2S. The van der Waals surface area contributed by atoms with E-state index in [9.17, 15) is 0 Å². The summed E-state index contributed by atoms with van der Waals surface area (Å²) in [6.45, 7) is 12.7. The Balaban J connectivity index is 2.11. The highest BCUT2D eigenvalue weighted by molar-refractivity contribution is 7.20. The van der Waals surface area contributed by atoms with Crippen molar-refractivity contribution in [1.82, 2.24) is 0 Å². The number of hydrogen-bond acceptors (Lipinski definition) is 3. The first-order chi connectivity index (χ1) is 9.23. The van der Waals surface area contributed by atoms with Gasteiger partial charge in [0.25, 0.3) is 0 Å². The van der Waals surface area contributed by atoms with E-state index in [0.29, 0.717) is 0 Å². The lowest BCUT2D eigenvalue weighted by Gasteiger charge is -2.32. The summed E-state index contributed by atoms with van der Waals surface area (Å²) in [7, 11) is -0.277. The third-order valence-corrected chi connectivity index (χ3v) is 6.01. The van der Waals surface area contributed by atoms with E-state index < -0.39 is 0 Å². The lowest BCUT2D eigenvalue weighted by Crippen LogP contribution is -2.41. The van der Waals surface area contributed by atoms with E-state index in [-0.39, 0.29) is 18.3 Å². The molecule has 2 aromatic rings. The van der Waals surface area contributed by atoms with Crippen molar-refractivity contribution in [2.24, 2.45) is 0 Å². The van der Waals surface area contributed by atoms with Crippen LogP contribution in [0.2, 0.25) is 0 Å². The highest BCUT2D eigenvalue weighted by Crippen LogP contribution is 2.38. The van der Waals surface area contributed by atoms with Crippen LogP contribution in [-0.2, 0) is 9.31 Å². The predicted octanol–water partition coefficient (Wildman–Crippen LogP) is 3.82. The van der Waals surface area contributed by atoms with Gasteiger partial charge in [0.2, 0.25) is 0 Å². The maximum atomic E-state index is 6.19. The van der Waals surface area contributed by atoms with E-state index in [1.54, 1.807) is 0 Å². The molecule has 2 nitrogen and oxygen atoms in total. The van der Waals surface area contributed by atoms with Gasteiger partial charge in [-0.1, -0.05) is 18.2 Å². The van der Waals surface area contributed by atoms with Crippen LogP contribution in [0.5, 0.6) is 0 Å². The molecule has 1 aliphatic rings. The van der Waals surface area contributed by atoms with Crippen molar-refractivity contribution in [2.75, 3.05) is 0 Å². The van der Waals surface area contributed by atoms with Crippen molar-refractivity contribution in [3.8, 4) is 0 Å². The average molecular weight is 288 g/mol. The maximum Gasteiger partial charge on any atom is 0.496 e. The van der Waals surface area contributed by atoms with Crippen molar-refractivity contribution < 1.29 is 9.31 Å². The Morgan fingerprint density at radius 3 is 2.20 bits per heavy atom. The van der Waals surface area contributed by atoms with Crippen LogP contribution in [0.15, 0.2) is 18.2 Å². The second-order valence-electron chi connectivity index (χ2n) is 6.60. The normalized spacial score (nSPS) is 20.8. The molecule has 1 aromatic carbocycles. The highest BCUT2D eigenvalue weighted by atomic mass is 32.1. The SMILES string of the molecule is Cc1sc2c(B3OC(C)(C)C(C)(C)O3)cccc2c1C. The van der Waals surface area contributed by atoms with Gasteiger partial charge in [-0.25, -0.2) is 0 Å². The fourth-order valence-corrected chi connectivity index (χ4v) is 3.72. The van der Waals surface area contributed by atoms with Crippen molar-refractivity contribution in [3.63, 3.8) is 0 Å². The number of rotatable bonds is 1. The van der Waals surface area contributed by atoms with E-state index in [1.165, 1.54) is 20.5 Å². The molecule has 4 heteroatoms. The first-order valence-corrected chi connectivity index (χ1v) is 7.89. The molecule has 0 radical (unpaired) electrons. The molecule has 1 aromatic heterocycles. The lowest BCUT2D eigenvalue weighted by atomic mass is 9.78. The van der Waals surface area contributed by atoms with Gasteiger partial charge in [-0.05, 0) is 52.5 Å². The molecule has 0 spiro atoms. The van der Waals surface area contributed by atoms with Crippen molar-refractivity contribution in [2.45, 2.75) is 52.7 Å². The van der Waals surface area contributed by atoms with Gasteiger partial charge in [-0.15, -0.1) is 11.3 Å². The first-order valence-electron chi connectivity index (χ1n) is 7.07. The molecule has 0 amide bonds. The number of hydrogen-bond donors (Lipinski definition) is 0. The topological polar surface area (TPSA) is 18.5 Å². The minimum atomic E-state index is -0.290. The molecule has 2 heterocycles. The molecule has 0 unspecified atom stereocenters. The maximum absolute atomic E-state index is 6.19. The van der Waals surface area contributed by atoms with Crippen molar-refractivity contribution in [1.29, 1.82) is 0 Å². The molecule has 3 rings (SSSR count). The number of benzene rings is 1. The molecule has 1 saturated heterocycles. The van der Waals surface area contributed by atoms with Gasteiger partial charge in [0.15, 0.2) is 0 Å². The Kier molecular flexibility index (Phi) is 3.05. The van der Waals surface area contributed by atoms with E-state index in [2.05, 4.69) is 59.7 Å².